The molecule has 1 atom stereocenters. The molecule has 0 saturated carbocycles. The Labute approximate surface area is 200 Å². The van der Waals surface area contributed by atoms with E-state index in [-0.39, 0.29) is 71.9 Å². The molecule has 0 aromatic carbocycles. The average Bonchev–Trinajstić information content (AvgIpc) is 2.69. The molecule has 15 heteroatoms. The quantitative estimate of drug-likeness (QED) is 0.317. The highest BCUT2D eigenvalue weighted by Crippen LogP contribution is 2.24. The molecule has 0 radical (unpaired) electrons. The minimum atomic E-state index is -4.73. The van der Waals surface area contributed by atoms with Crippen molar-refractivity contribution in [1.82, 2.24) is 19.6 Å². The van der Waals surface area contributed by atoms with Gasteiger partial charge in [0, 0.05) is 52.4 Å². The summed E-state index contributed by atoms with van der Waals surface area (Å²) >= 11 is 0. The summed E-state index contributed by atoms with van der Waals surface area (Å²) in [6, 6.07) is -1.87. The zero-order valence-electron chi connectivity index (χ0n) is 19.3. The second kappa shape index (κ2) is 14.8. The fourth-order valence-corrected chi connectivity index (χ4v) is 3.97. The highest BCUT2D eigenvalue weighted by molar-refractivity contribution is 5.73. The van der Waals surface area contributed by atoms with Gasteiger partial charge in [-0.1, -0.05) is 0 Å². The van der Waals surface area contributed by atoms with Gasteiger partial charge in [0.1, 0.15) is 6.04 Å². The maximum Gasteiger partial charge on any atom is 0.391 e. The van der Waals surface area contributed by atoms with E-state index >= 15 is 0 Å². The summed E-state index contributed by atoms with van der Waals surface area (Å²) in [7, 11) is 0. The monoisotopic (exact) mass is 514 g/mol. The van der Waals surface area contributed by atoms with Crippen LogP contribution in [0.25, 0.3) is 0 Å². The molecule has 0 spiro atoms. The minimum absolute atomic E-state index is 0.00823. The number of rotatable bonds is 9. The lowest BCUT2D eigenvalue weighted by Gasteiger charge is -2.33. The fraction of sp³-hybridized carbons (Fsp3) is 0.800. The SMILES string of the molecule is O=C(O)CN1CCCN(CC(=O)O)CCN(C(CC(F)(F)F)C(=O)O)CCCN(CC(=O)O)CC1. The maximum absolute atomic E-state index is 13.0. The van der Waals surface area contributed by atoms with Crippen LogP contribution in [0.1, 0.15) is 19.3 Å². The van der Waals surface area contributed by atoms with Crippen LogP contribution in [-0.2, 0) is 19.2 Å². The molecule has 0 aromatic heterocycles. The van der Waals surface area contributed by atoms with Crippen molar-refractivity contribution in [2.75, 3.05) is 72.0 Å². The van der Waals surface area contributed by atoms with Gasteiger partial charge >= 0.3 is 30.1 Å². The van der Waals surface area contributed by atoms with Crippen molar-refractivity contribution in [1.29, 1.82) is 0 Å². The lowest BCUT2D eigenvalue weighted by molar-refractivity contribution is -0.167. The normalized spacial score (nSPS) is 20.1. The van der Waals surface area contributed by atoms with Gasteiger partial charge in [-0.15, -0.1) is 0 Å². The zero-order chi connectivity index (χ0) is 26.6. The van der Waals surface area contributed by atoms with E-state index in [0.29, 0.717) is 6.42 Å². The number of hydrogen-bond donors (Lipinski definition) is 4. The largest absolute Gasteiger partial charge is 0.480 e. The predicted octanol–water partition coefficient (Wildman–Crippen LogP) is -0.352. The molecule has 1 saturated heterocycles. The molecule has 0 aliphatic carbocycles. The summed E-state index contributed by atoms with van der Waals surface area (Å²) in [6.07, 6.45) is -5.80. The molecular weight excluding hydrogens is 481 g/mol. The van der Waals surface area contributed by atoms with Crippen LogP contribution in [0.2, 0.25) is 0 Å². The van der Waals surface area contributed by atoms with E-state index < -0.39 is 49.1 Å². The Kier molecular flexibility index (Phi) is 12.9. The molecule has 4 N–H and O–H groups in total. The fourth-order valence-electron chi connectivity index (χ4n) is 3.97. The summed E-state index contributed by atoms with van der Waals surface area (Å²) in [4.78, 5) is 51.1. The number of hydrogen-bond acceptors (Lipinski definition) is 8. The maximum atomic E-state index is 13.0. The first kappa shape index (κ1) is 30.5. The van der Waals surface area contributed by atoms with E-state index in [4.69, 9.17) is 5.11 Å². The molecule has 1 heterocycles. The Morgan fingerprint density at radius 1 is 0.629 bits per heavy atom. The number of aliphatic carboxylic acids is 4. The molecule has 0 amide bonds. The van der Waals surface area contributed by atoms with E-state index in [2.05, 4.69) is 0 Å². The van der Waals surface area contributed by atoms with E-state index in [1.807, 2.05) is 0 Å². The number of carbonyl (C=O) groups is 4. The molecule has 1 unspecified atom stereocenters. The number of carboxylic acid groups (broad SMARTS) is 4. The Morgan fingerprint density at radius 3 is 1.34 bits per heavy atom. The Balaban J connectivity index is 3.11. The van der Waals surface area contributed by atoms with Gasteiger partial charge in [-0.25, -0.2) is 0 Å². The molecule has 202 valence electrons. The van der Waals surface area contributed by atoms with Gasteiger partial charge in [0.15, 0.2) is 0 Å². The summed E-state index contributed by atoms with van der Waals surface area (Å²) in [5.74, 6) is -5.01. The van der Waals surface area contributed by atoms with Gasteiger partial charge in [0.2, 0.25) is 0 Å². The van der Waals surface area contributed by atoms with E-state index in [9.17, 15) is 47.7 Å². The summed E-state index contributed by atoms with van der Waals surface area (Å²) in [5.41, 5.74) is 0. The van der Waals surface area contributed by atoms with Crippen molar-refractivity contribution in [3.05, 3.63) is 0 Å². The van der Waals surface area contributed by atoms with Crippen LogP contribution in [0, 0.1) is 0 Å². The molecule has 1 aliphatic heterocycles. The highest BCUT2D eigenvalue weighted by atomic mass is 19.4. The predicted molar refractivity (Wildman–Crippen MR) is 115 cm³/mol. The van der Waals surface area contributed by atoms with Crippen LogP contribution in [0.3, 0.4) is 0 Å². The first-order valence-electron chi connectivity index (χ1n) is 11.1. The summed E-state index contributed by atoms with van der Waals surface area (Å²) in [5, 5.41) is 37.0. The number of carboxylic acids is 4. The number of nitrogens with zero attached hydrogens (tertiary/aromatic N) is 4. The second-order valence-corrected chi connectivity index (χ2v) is 8.43. The number of alkyl halides is 3. The molecule has 12 nitrogen and oxygen atoms in total. The summed E-state index contributed by atoms with van der Waals surface area (Å²) in [6.45, 7) is -0.268. The smallest absolute Gasteiger partial charge is 0.391 e. The van der Waals surface area contributed by atoms with Crippen LogP contribution in [-0.4, -0.2) is 148 Å². The lowest BCUT2D eigenvalue weighted by atomic mass is 10.1. The zero-order valence-corrected chi connectivity index (χ0v) is 19.3. The third-order valence-corrected chi connectivity index (χ3v) is 5.53. The third-order valence-electron chi connectivity index (χ3n) is 5.53. The lowest BCUT2D eigenvalue weighted by Crippen LogP contribution is -2.49. The van der Waals surface area contributed by atoms with Crippen LogP contribution < -0.4 is 0 Å². The van der Waals surface area contributed by atoms with Crippen LogP contribution in [0.5, 0.6) is 0 Å². The van der Waals surface area contributed by atoms with Crippen molar-refractivity contribution in [3.63, 3.8) is 0 Å². The topological polar surface area (TPSA) is 162 Å². The van der Waals surface area contributed by atoms with Gasteiger partial charge in [-0.05, 0) is 12.8 Å². The number of halogens is 3. The first-order chi connectivity index (χ1) is 16.3. The standard InChI is InChI=1S/C20H33F3N4O8/c21-20(22,23)11-15(19(34)35)27-6-2-5-25(13-17(30)31)8-7-24(12-16(28)29)3-1-4-26(9-10-27)14-18(32)33/h15H,1-14H2,(H,28,29)(H,30,31)(H,32,33)(H,34,35). The van der Waals surface area contributed by atoms with E-state index in [1.54, 1.807) is 4.90 Å². The van der Waals surface area contributed by atoms with E-state index in [0.717, 1.165) is 4.90 Å². The van der Waals surface area contributed by atoms with Crippen molar-refractivity contribution >= 4 is 23.9 Å². The second-order valence-electron chi connectivity index (χ2n) is 8.43. The van der Waals surface area contributed by atoms with Crippen molar-refractivity contribution in [2.24, 2.45) is 0 Å². The van der Waals surface area contributed by atoms with Crippen LogP contribution >= 0.6 is 0 Å². The van der Waals surface area contributed by atoms with Gasteiger partial charge in [-0.3, -0.25) is 38.8 Å². The molecule has 1 rings (SSSR count). The first-order valence-corrected chi connectivity index (χ1v) is 11.1. The van der Waals surface area contributed by atoms with Crippen LogP contribution in [0.15, 0.2) is 0 Å². The molecule has 0 bridgehead atoms. The molecule has 0 aromatic rings. The third kappa shape index (κ3) is 13.9. The Bertz CT molecular complexity index is 725. The van der Waals surface area contributed by atoms with Crippen LogP contribution in [0.4, 0.5) is 13.2 Å². The highest BCUT2D eigenvalue weighted by Gasteiger charge is 2.38. The van der Waals surface area contributed by atoms with Crippen molar-refractivity contribution < 1.29 is 52.8 Å². The molecule has 1 fully saturated rings. The van der Waals surface area contributed by atoms with Gasteiger partial charge in [0.05, 0.1) is 26.1 Å². The minimum Gasteiger partial charge on any atom is -0.480 e. The Hall–Kier alpha value is -2.49. The van der Waals surface area contributed by atoms with Crippen molar-refractivity contribution in [2.45, 2.75) is 31.5 Å². The average molecular weight is 514 g/mol. The van der Waals surface area contributed by atoms with Crippen molar-refractivity contribution in [3.8, 4) is 0 Å². The van der Waals surface area contributed by atoms with E-state index in [1.165, 1.54) is 9.80 Å². The molecule has 1 aliphatic rings. The molecule has 35 heavy (non-hydrogen) atoms. The van der Waals surface area contributed by atoms with Gasteiger partial charge in [-0.2, -0.15) is 13.2 Å². The Morgan fingerprint density at radius 2 is 1.00 bits per heavy atom. The molecular formula is C20H33F3N4O8. The van der Waals surface area contributed by atoms with Gasteiger partial charge in [0.25, 0.3) is 0 Å². The van der Waals surface area contributed by atoms with Gasteiger partial charge < -0.3 is 20.4 Å². The summed E-state index contributed by atoms with van der Waals surface area (Å²) < 4.78 is 39.1.